The molecule has 0 heterocycles. The summed E-state index contributed by atoms with van der Waals surface area (Å²) >= 11 is 0. The minimum Gasteiger partial charge on any atom is -0.495 e. The van der Waals surface area contributed by atoms with E-state index in [0.29, 0.717) is 30.9 Å². The molecule has 0 radical (unpaired) electrons. The number of hydrogen-bond donors (Lipinski definition) is 1. The van der Waals surface area contributed by atoms with Gasteiger partial charge in [-0.25, -0.2) is 0 Å². The number of ether oxygens (including phenoxy) is 1. The Hall–Kier alpha value is -2.06. The molecule has 0 saturated carbocycles. The molecule has 0 aliphatic rings. The predicted octanol–water partition coefficient (Wildman–Crippen LogP) is 1.52. The van der Waals surface area contributed by atoms with E-state index in [4.69, 9.17) is 10.00 Å². The van der Waals surface area contributed by atoms with Gasteiger partial charge in [-0.3, -0.25) is 9.69 Å². The lowest BCUT2D eigenvalue weighted by atomic mass is 10.1. The zero-order valence-electron chi connectivity index (χ0n) is 12.3. The summed E-state index contributed by atoms with van der Waals surface area (Å²) in [7, 11) is 3.42. The highest BCUT2D eigenvalue weighted by atomic mass is 16.5. The molecule has 5 heteroatoms. The van der Waals surface area contributed by atoms with Crippen LogP contribution in [0.2, 0.25) is 0 Å². The second-order valence-electron chi connectivity index (χ2n) is 4.67. The van der Waals surface area contributed by atoms with Crippen LogP contribution in [-0.2, 0) is 11.3 Å². The summed E-state index contributed by atoms with van der Waals surface area (Å²) in [6, 6.07) is 7.58. The maximum absolute atomic E-state index is 11.6. The molecule has 0 aliphatic heterocycles. The van der Waals surface area contributed by atoms with Crippen molar-refractivity contribution in [3.8, 4) is 11.8 Å². The van der Waals surface area contributed by atoms with Gasteiger partial charge in [0.2, 0.25) is 5.91 Å². The molecule has 1 rings (SSSR count). The molecular weight excluding hydrogens is 254 g/mol. The van der Waals surface area contributed by atoms with Gasteiger partial charge in [-0.2, -0.15) is 5.26 Å². The Morgan fingerprint density at radius 2 is 2.25 bits per heavy atom. The van der Waals surface area contributed by atoms with Crippen LogP contribution >= 0.6 is 0 Å². The number of hydrogen-bond acceptors (Lipinski definition) is 4. The second kappa shape index (κ2) is 8.18. The van der Waals surface area contributed by atoms with E-state index in [2.05, 4.69) is 11.4 Å². The maximum Gasteiger partial charge on any atom is 0.234 e. The zero-order chi connectivity index (χ0) is 15.0. The Kier molecular flexibility index (Phi) is 6.54. The number of benzene rings is 1. The van der Waals surface area contributed by atoms with E-state index in [1.165, 1.54) is 0 Å². The number of amides is 1. The number of nitrogens with zero attached hydrogens (tertiary/aromatic N) is 2. The second-order valence-corrected chi connectivity index (χ2v) is 4.67. The summed E-state index contributed by atoms with van der Waals surface area (Å²) < 4.78 is 5.10. The first-order valence-electron chi connectivity index (χ1n) is 6.63. The van der Waals surface area contributed by atoms with Crippen LogP contribution in [0.25, 0.3) is 0 Å². The minimum atomic E-state index is 0.0170. The lowest BCUT2D eigenvalue weighted by Crippen LogP contribution is -2.35. The molecule has 0 atom stereocenters. The van der Waals surface area contributed by atoms with Crippen LogP contribution in [0.4, 0.5) is 0 Å². The lowest BCUT2D eigenvalue weighted by molar-refractivity contribution is -0.122. The minimum absolute atomic E-state index is 0.0170. The third-order valence-electron chi connectivity index (χ3n) is 2.82. The molecule has 0 saturated heterocycles. The zero-order valence-corrected chi connectivity index (χ0v) is 12.3. The van der Waals surface area contributed by atoms with Crippen LogP contribution in [0.15, 0.2) is 18.2 Å². The fourth-order valence-electron chi connectivity index (χ4n) is 1.87. The van der Waals surface area contributed by atoms with Gasteiger partial charge in [0, 0.05) is 13.1 Å². The van der Waals surface area contributed by atoms with E-state index in [1.807, 2.05) is 24.9 Å². The summed E-state index contributed by atoms with van der Waals surface area (Å²) in [6.45, 7) is 3.67. The molecule has 0 unspecified atom stereocenters. The smallest absolute Gasteiger partial charge is 0.234 e. The van der Waals surface area contributed by atoms with Gasteiger partial charge in [0.25, 0.3) is 0 Å². The van der Waals surface area contributed by atoms with Crippen LogP contribution in [0, 0.1) is 11.3 Å². The molecule has 1 N–H and O–H groups in total. The fourth-order valence-corrected chi connectivity index (χ4v) is 1.87. The number of rotatable bonds is 7. The largest absolute Gasteiger partial charge is 0.495 e. The highest BCUT2D eigenvalue weighted by molar-refractivity contribution is 5.77. The quantitative estimate of drug-likeness (QED) is 0.819. The van der Waals surface area contributed by atoms with E-state index in [-0.39, 0.29) is 5.91 Å². The summed E-state index contributed by atoms with van der Waals surface area (Å²) in [5, 5.41) is 11.9. The molecular formula is C15H21N3O2. The Morgan fingerprint density at radius 3 is 2.85 bits per heavy atom. The van der Waals surface area contributed by atoms with Crippen molar-refractivity contribution in [1.82, 2.24) is 10.2 Å². The van der Waals surface area contributed by atoms with Gasteiger partial charge < -0.3 is 10.1 Å². The number of carbonyl (C=O) groups is 1. The summed E-state index contributed by atoms with van der Waals surface area (Å²) in [4.78, 5) is 13.5. The van der Waals surface area contributed by atoms with Crippen molar-refractivity contribution >= 4 is 5.91 Å². The summed E-state index contributed by atoms with van der Waals surface area (Å²) in [5.74, 6) is 0.586. The van der Waals surface area contributed by atoms with Gasteiger partial charge in [0.05, 0.1) is 19.2 Å². The first-order valence-corrected chi connectivity index (χ1v) is 6.63. The normalized spacial score (nSPS) is 10.2. The van der Waals surface area contributed by atoms with E-state index in [1.54, 1.807) is 19.2 Å². The van der Waals surface area contributed by atoms with Crippen molar-refractivity contribution in [1.29, 1.82) is 5.26 Å². The average Bonchev–Trinajstić information content (AvgIpc) is 2.44. The number of methoxy groups -OCH3 is 1. The SMILES string of the molecule is CCCNC(=O)CN(C)Cc1ccc(OC)c(C#N)c1. The molecule has 0 spiro atoms. The van der Waals surface area contributed by atoms with Gasteiger partial charge in [-0.1, -0.05) is 13.0 Å². The lowest BCUT2D eigenvalue weighted by Gasteiger charge is -2.16. The highest BCUT2D eigenvalue weighted by Gasteiger charge is 2.08. The Morgan fingerprint density at radius 1 is 1.50 bits per heavy atom. The molecule has 0 fully saturated rings. The number of carbonyl (C=O) groups excluding carboxylic acids is 1. The van der Waals surface area contributed by atoms with Crippen molar-refractivity contribution in [2.75, 3.05) is 27.2 Å². The van der Waals surface area contributed by atoms with Gasteiger partial charge in [0.15, 0.2) is 0 Å². The summed E-state index contributed by atoms with van der Waals surface area (Å²) in [5.41, 5.74) is 1.49. The fraction of sp³-hybridized carbons (Fsp3) is 0.467. The molecule has 20 heavy (non-hydrogen) atoms. The average molecular weight is 275 g/mol. The van der Waals surface area contributed by atoms with Crippen molar-refractivity contribution < 1.29 is 9.53 Å². The molecule has 0 bridgehead atoms. The number of likely N-dealkylation sites (N-methyl/N-ethyl adjacent to an activating group) is 1. The first kappa shape index (κ1) is 16.0. The van der Waals surface area contributed by atoms with Crippen LogP contribution in [0.3, 0.4) is 0 Å². The van der Waals surface area contributed by atoms with Gasteiger partial charge >= 0.3 is 0 Å². The Labute approximate surface area is 120 Å². The topological polar surface area (TPSA) is 65.4 Å². The van der Waals surface area contributed by atoms with Gasteiger partial charge in [-0.15, -0.1) is 0 Å². The highest BCUT2D eigenvalue weighted by Crippen LogP contribution is 2.19. The summed E-state index contributed by atoms with van der Waals surface area (Å²) in [6.07, 6.45) is 0.930. The van der Waals surface area contributed by atoms with Crippen molar-refractivity contribution in [2.45, 2.75) is 19.9 Å². The molecule has 0 aliphatic carbocycles. The van der Waals surface area contributed by atoms with Gasteiger partial charge in [0.1, 0.15) is 11.8 Å². The van der Waals surface area contributed by atoms with E-state index < -0.39 is 0 Å². The molecule has 108 valence electrons. The first-order chi connectivity index (χ1) is 9.60. The maximum atomic E-state index is 11.6. The molecule has 0 aromatic heterocycles. The molecule has 1 aromatic rings. The van der Waals surface area contributed by atoms with Crippen LogP contribution < -0.4 is 10.1 Å². The third-order valence-corrected chi connectivity index (χ3v) is 2.82. The van der Waals surface area contributed by atoms with Crippen LogP contribution in [0.1, 0.15) is 24.5 Å². The Bertz CT molecular complexity index is 494. The number of nitriles is 1. The van der Waals surface area contributed by atoms with Crippen LogP contribution in [0.5, 0.6) is 5.75 Å². The van der Waals surface area contributed by atoms with E-state index in [9.17, 15) is 4.79 Å². The number of nitrogens with one attached hydrogen (secondary N) is 1. The molecule has 1 amide bonds. The van der Waals surface area contributed by atoms with E-state index >= 15 is 0 Å². The van der Waals surface area contributed by atoms with Crippen molar-refractivity contribution in [3.05, 3.63) is 29.3 Å². The van der Waals surface area contributed by atoms with Crippen LogP contribution in [-0.4, -0.2) is 38.1 Å². The van der Waals surface area contributed by atoms with Crippen molar-refractivity contribution in [2.24, 2.45) is 0 Å². The molecule has 5 nitrogen and oxygen atoms in total. The monoisotopic (exact) mass is 275 g/mol. The van der Waals surface area contributed by atoms with E-state index in [0.717, 1.165) is 12.0 Å². The Balaban J connectivity index is 2.60. The molecule has 1 aromatic carbocycles. The predicted molar refractivity (Wildman–Crippen MR) is 77.3 cm³/mol. The third kappa shape index (κ3) is 4.90. The van der Waals surface area contributed by atoms with Crippen molar-refractivity contribution in [3.63, 3.8) is 0 Å². The standard InChI is InChI=1S/C15H21N3O2/c1-4-7-17-15(19)11-18(2)10-12-5-6-14(20-3)13(8-12)9-16/h5-6,8H,4,7,10-11H2,1-3H3,(H,17,19). The van der Waals surface area contributed by atoms with Gasteiger partial charge in [-0.05, 0) is 31.2 Å².